The number of aryl methyl sites for hydroxylation is 1. The van der Waals surface area contributed by atoms with Crippen LogP contribution in [0.3, 0.4) is 0 Å². The van der Waals surface area contributed by atoms with Gasteiger partial charge in [-0.15, -0.1) is 0 Å². The first kappa shape index (κ1) is 19.8. The summed E-state index contributed by atoms with van der Waals surface area (Å²) in [7, 11) is 0. The van der Waals surface area contributed by atoms with Gasteiger partial charge in [-0.2, -0.15) is 0 Å². The Morgan fingerprint density at radius 3 is 2.76 bits per heavy atom. The van der Waals surface area contributed by atoms with Crippen LogP contribution in [-0.4, -0.2) is 19.2 Å². The summed E-state index contributed by atoms with van der Waals surface area (Å²) in [5.41, 5.74) is 6.44. The van der Waals surface area contributed by atoms with E-state index in [1.54, 1.807) is 0 Å². The summed E-state index contributed by atoms with van der Waals surface area (Å²) in [5.74, 6) is 0.613. The van der Waals surface area contributed by atoms with Gasteiger partial charge in [0, 0.05) is 11.6 Å². The molecule has 3 nitrogen and oxygen atoms in total. The van der Waals surface area contributed by atoms with Crippen molar-refractivity contribution in [2.24, 2.45) is 0 Å². The van der Waals surface area contributed by atoms with E-state index in [4.69, 9.17) is 9.47 Å². The Balaban J connectivity index is 1.71. The first-order valence-corrected chi connectivity index (χ1v) is 10.6. The molecule has 2 aromatic carbocycles. The largest absolute Gasteiger partial charge is 0.492 e. The molecule has 0 amide bonds. The summed E-state index contributed by atoms with van der Waals surface area (Å²) in [5, 5.41) is 0. The number of carbonyl (C=O) groups excluding carboxylic acids is 1. The highest BCUT2D eigenvalue weighted by Crippen LogP contribution is 2.46. The molecule has 0 saturated carbocycles. The fourth-order valence-corrected chi connectivity index (χ4v) is 4.72. The summed E-state index contributed by atoms with van der Waals surface area (Å²) in [6.07, 6.45) is 6.97. The van der Waals surface area contributed by atoms with Gasteiger partial charge in [-0.3, -0.25) is 0 Å². The molecule has 4 rings (SSSR count). The van der Waals surface area contributed by atoms with Gasteiger partial charge in [0.25, 0.3) is 0 Å². The third-order valence-electron chi connectivity index (χ3n) is 6.54. The Labute approximate surface area is 173 Å². The van der Waals surface area contributed by atoms with Gasteiger partial charge in [0.2, 0.25) is 0 Å². The van der Waals surface area contributed by atoms with Crippen LogP contribution in [0.25, 0.3) is 6.08 Å². The zero-order valence-corrected chi connectivity index (χ0v) is 17.9. The molecule has 3 heteroatoms. The van der Waals surface area contributed by atoms with Crippen LogP contribution < -0.4 is 4.74 Å². The minimum atomic E-state index is -0.316. The molecule has 0 N–H and O–H groups in total. The van der Waals surface area contributed by atoms with Crippen molar-refractivity contribution in [3.63, 3.8) is 0 Å². The van der Waals surface area contributed by atoms with Crippen LogP contribution in [0.1, 0.15) is 68.4 Å². The van der Waals surface area contributed by atoms with Gasteiger partial charge in [0.15, 0.2) is 0 Å². The second-order valence-corrected chi connectivity index (χ2v) is 9.07. The quantitative estimate of drug-likeness (QED) is 0.505. The Bertz CT molecular complexity index is 970. The van der Waals surface area contributed by atoms with Gasteiger partial charge in [0.1, 0.15) is 12.4 Å². The van der Waals surface area contributed by atoms with E-state index in [0.29, 0.717) is 13.2 Å². The van der Waals surface area contributed by atoms with Crippen molar-refractivity contribution in [3.8, 4) is 5.75 Å². The first-order chi connectivity index (χ1) is 13.8. The molecule has 2 aromatic rings. The van der Waals surface area contributed by atoms with Crippen LogP contribution in [0.15, 0.2) is 42.5 Å². The van der Waals surface area contributed by atoms with Crippen molar-refractivity contribution in [1.29, 1.82) is 0 Å². The van der Waals surface area contributed by atoms with E-state index in [1.807, 2.05) is 25.1 Å². The number of fused-ring (bicyclic) bond motifs is 2. The molecule has 0 bridgehead atoms. The van der Waals surface area contributed by atoms with Gasteiger partial charge in [-0.25, -0.2) is 4.79 Å². The molecule has 0 fully saturated rings. The van der Waals surface area contributed by atoms with E-state index < -0.39 is 0 Å². The molecule has 1 heterocycles. The van der Waals surface area contributed by atoms with Gasteiger partial charge in [0.05, 0.1) is 12.0 Å². The van der Waals surface area contributed by atoms with E-state index >= 15 is 0 Å². The van der Waals surface area contributed by atoms with Crippen LogP contribution in [0.2, 0.25) is 0 Å². The van der Waals surface area contributed by atoms with Gasteiger partial charge < -0.3 is 9.47 Å². The monoisotopic (exact) mass is 390 g/mol. The van der Waals surface area contributed by atoms with E-state index in [0.717, 1.165) is 11.3 Å². The number of rotatable bonds is 4. The molecule has 0 aromatic heterocycles. The van der Waals surface area contributed by atoms with Crippen LogP contribution in [-0.2, 0) is 26.8 Å². The highest BCUT2D eigenvalue weighted by atomic mass is 16.5. The number of hydrogen-bond donors (Lipinski definition) is 0. The molecule has 0 saturated heterocycles. The first-order valence-electron chi connectivity index (χ1n) is 10.6. The van der Waals surface area contributed by atoms with Gasteiger partial charge in [-0.1, -0.05) is 38.1 Å². The third kappa shape index (κ3) is 3.59. The molecule has 1 aliphatic carbocycles. The summed E-state index contributed by atoms with van der Waals surface area (Å²) >= 11 is 0. The van der Waals surface area contributed by atoms with Crippen molar-refractivity contribution < 1.29 is 14.3 Å². The molecule has 2 aliphatic rings. The highest BCUT2D eigenvalue weighted by Gasteiger charge is 2.39. The van der Waals surface area contributed by atoms with Gasteiger partial charge in [-0.05, 0) is 79.0 Å². The third-order valence-corrected chi connectivity index (χ3v) is 6.54. The molecule has 29 heavy (non-hydrogen) atoms. The Morgan fingerprint density at radius 2 is 1.97 bits per heavy atom. The minimum Gasteiger partial charge on any atom is -0.492 e. The van der Waals surface area contributed by atoms with Crippen molar-refractivity contribution in [2.45, 2.75) is 57.8 Å². The molecule has 0 radical (unpaired) electrons. The lowest BCUT2D eigenvalue weighted by Crippen LogP contribution is -2.28. The maximum atomic E-state index is 11.7. The number of esters is 1. The van der Waals surface area contributed by atoms with Crippen molar-refractivity contribution >= 4 is 12.0 Å². The maximum Gasteiger partial charge on any atom is 0.330 e. The van der Waals surface area contributed by atoms with Crippen molar-refractivity contribution in [1.82, 2.24) is 0 Å². The lowest BCUT2D eigenvalue weighted by atomic mass is 9.69. The summed E-state index contributed by atoms with van der Waals surface area (Å²) < 4.78 is 11.1. The molecule has 1 atom stereocenters. The van der Waals surface area contributed by atoms with Crippen LogP contribution in [0, 0.1) is 0 Å². The zero-order chi connectivity index (χ0) is 20.6. The summed E-state index contributed by atoms with van der Waals surface area (Å²) in [6.45, 7) is 9.79. The predicted molar refractivity (Wildman–Crippen MR) is 116 cm³/mol. The minimum absolute atomic E-state index is 0.203. The fourth-order valence-electron chi connectivity index (χ4n) is 4.72. The predicted octanol–water partition coefficient (Wildman–Crippen LogP) is 5.58. The SMILES string of the molecule is CCOC(=O)C=Cc1ccc2c(c1)C(C)(c1ccc3c(c1)C(C)(C)CCC3)CO2. The number of hydrogen-bond acceptors (Lipinski definition) is 3. The Hall–Kier alpha value is -2.55. The zero-order valence-electron chi connectivity index (χ0n) is 17.9. The average molecular weight is 391 g/mol. The van der Waals surface area contributed by atoms with Crippen molar-refractivity contribution in [2.75, 3.05) is 13.2 Å². The lowest BCUT2D eigenvalue weighted by Gasteiger charge is -2.34. The topological polar surface area (TPSA) is 35.5 Å². The highest BCUT2D eigenvalue weighted by molar-refractivity contribution is 5.87. The Kier molecular flexibility index (Phi) is 5.02. The molecule has 1 unspecified atom stereocenters. The molecule has 1 aliphatic heterocycles. The van der Waals surface area contributed by atoms with E-state index in [9.17, 15) is 4.79 Å². The lowest BCUT2D eigenvalue weighted by molar-refractivity contribution is -0.137. The number of benzene rings is 2. The maximum absolute atomic E-state index is 11.7. The molecule has 152 valence electrons. The average Bonchev–Trinajstić information content (AvgIpc) is 3.04. The molecule has 0 spiro atoms. The van der Waals surface area contributed by atoms with E-state index in [1.165, 1.54) is 47.6 Å². The van der Waals surface area contributed by atoms with Crippen LogP contribution in [0.4, 0.5) is 0 Å². The van der Waals surface area contributed by atoms with E-state index in [-0.39, 0.29) is 16.8 Å². The van der Waals surface area contributed by atoms with Crippen LogP contribution >= 0.6 is 0 Å². The molecular formula is C26H30O3. The standard InChI is InChI=1S/C26H30O3/c1-5-28-24(27)13-9-18-8-12-23-22(15-18)26(4,17-29-23)20-11-10-19-7-6-14-25(2,3)21(19)16-20/h8-13,15-16H,5-7,14,17H2,1-4H3. The fraction of sp³-hybridized carbons (Fsp3) is 0.423. The van der Waals surface area contributed by atoms with Gasteiger partial charge >= 0.3 is 5.97 Å². The van der Waals surface area contributed by atoms with E-state index in [2.05, 4.69) is 45.0 Å². The number of ether oxygens (including phenoxy) is 2. The second-order valence-electron chi connectivity index (χ2n) is 9.07. The smallest absolute Gasteiger partial charge is 0.330 e. The Morgan fingerprint density at radius 1 is 1.14 bits per heavy atom. The van der Waals surface area contributed by atoms with Crippen LogP contribution in [0.5, 0.6) is 5.75 Å². The summed E-state index contributed by atoms with van der Waals surface area (Å²) in [6, 6.07) is 13.1. The number of carbonyl (C=O) groups is 1. The normalized spacial score (nSPS) is 22.1. The second kappa shape index (κ2) is 7.37. The van der Waals surface area contributed by atoms with Crippen molar-refractivity contribution in [3.05, 3.63) is 70.3 Å². The summed E-state index contributed by atoms with van der Waals surface area (Å²) in [4.78, 5) is 11.7. The molecular weight excluding hydrogens is 360 g/mol.